The molecule has 2 unspecified atom stereocenters. The summed E-state index contributed by atoms with van der Waals surface area (Å²) < 4.78 is 2.23. The molecule has 1 saturated heterocycles. The molecule has 1 fully saturated rings. The van der Waals surface area contributed by atoms with E-state index in [1.54, 1.807) is 0 Å². The second kappa shape index (κ2) is 3.50. The number of piperidine rings is 1. The van der Waals surface area contributed by atoms with Gasteiger partial charge in [-0.1, -0.05) is 0 Å². The summed E-state index contributed by atoms with van der Waals surface area (Å²) in [6, 6.07) is 1.88. The Morgan fingerprint density at radius 1 is 1.31 bits per heavy atom. The molecule has 1 aliphatic heterocycles. The van der Waals surface area contributed by atoms with Crippen molar-refractivity contribution in [3.63, 3.8) is 0 Å². The number of rotatable bonds is 1. The maximum absolute atomic E-state index is 4.09. The minimum absolute atomic E-state index is 0.621. The maximum Gasteiger partial charge on any atom is 0.0948 e. The summed E-state index contributed by atoms with van der Waals surface area (Å²) in [5.41, 5.74) is 0. The summed E-state index contributed by atoms with van der Waals surface area (Å²) in [6.07, 6.45) is 8.27. The topological polar surface area (TPSA) is 29.9 Å². The summed E-state index contributed by atoms with van der Waals surface area (Å²) in [7, 11) is 0. The van der Waals surface area contributed by atoms with E-state index in [2.05, 4.69) is 34.9 Å². The minimum atomic E-state index is 0.621. The molecule has 0 aromatic carbocycles. The van der Waals surface area contributed by atoms with E-state index in [4.69, 9.17) is 0 Å². The molecule has 0 amide bonds. The van der Waals surface area contributed by atoms with Gasteiger partial charge in [-0.2, -0.15) is 0 Å². The zero-order chi connectivity index (χ0) is 9.26. The highest BCUT2D eigenvalue weighted by molar-refractivity contribution is 4.88. The van der Waals surface area contributed by atoms with Gasteiger partial charge in [-0.3, -0.25) is 0 Å². The average Bonchev–Trinajstić information content (AvgIpc) is 2.53. The molecule has 0 spiro atoms. The highest BCUT2D eigenvalue weighted by atomic mass is 15.1. The number of nitrogens with zero attached hydrogens (tertiary/aromatic N) is 2. The predicted octanol–water partition coefficient (Wildman–Crippen LogP) is 1.58. The first kappa shape index (κ1) is 8.75. The number of nitrogens with one attached hydrogen (secondary N) is 1. The quantitative estimate of drug-likeness (QED) is 0.709. The van der Waals surface area contributed by atoms with E-state index in [1.807, 2.05) is 12.5 Å². The van der Waals surface area contributed by atoms with Gasteiger partial charge in [0, 0.05) is 30.5 Å². The van der Waals surface area contributed by atoms with Crippen LogP contribution in [0, 0.1) is 0 Å². The van der Waals surface area contributed by atoms with Crippen LogP contribution in [0.25, 0.3) is 0 Å². The molecule has 1 aromatic rings. The molecule has 1 aliphatic rings. The van der Waals surface area contributed by atoms with Crippen molar-refractivity contribution in [3.8, 4) is 0 Å². The normalized spacial score (nSPS) is 34.8. The van der Waals surface area contributed by atoms with Gasteiger partial charge >= 0.3 is 0 Å². The Kier molecular flexibility index (Phi) is 2.36. The van der Waals surface area contributed by atoms with E-state index in [0.717, 1.165) is 0 Å². The maximum atomic E-state index is 4.09. The van der Waals surface area contributed by atoms with E-state index >= 15 is 0 Å². The van der Waals surface area contributed by atoms with Crippen molar-refractivity contribution < 1.29 is 0 Å². The molecule has 3 heteroatoms. The van der Waals surface area contributed by atoms with Gasteiger partial charge in [-0.05, 0) is 26.7 Å². The Bertz CT molecular complexity index is 245. The van der Waals surface area contributed by atoms with E-state index in [1.165, 1.54) is 12.8 Å². The summed E-state index contributed by atoms with van der Waals surface area (Å²) in [5, 5.41) is 3.54. The van der Waals surface area contributed by atoms with Crippen molar-refractivity contribution in [2.45, 2.75) is 44.8 Å². The molecule has 2 rings (SSSR count). The fourth-order valence-electron chi connectivity index (χ4n) is 2.26. The number of imidazole rings is 1. The molecule has 72 valence electrons. The first-order valence-corrected chi connectivity index (χ1v) is 4.99. The van der Waals surface area contributed by atoms with Gasteiger partial charge in [0.05, 0.1) is 6.33 Å². The zero-order valence-electron chi connectivity index (χ0n) is 8.27. The minimum Gasteiger partial charge on any atom is -0.334 e. The lowest BCUT2D eigenvalue weighted by molar-refractivity contribution is 0.263. The first-order valence-electron chi connectivity index (χ1n) is 4.99. The number of aromatic nitrogens is 2. The molecular formula is C10H17N3. The number of hydrogen-bond acceptors (Lipinski definition) is 2. The van der Waals surface area contributed by atoms with Gasteiger partial charge < -0.3 is 9.88 Å². The molecule has 0 bridgehead atoms. The van der Waals surface area contributed by atoms with Crippen LogP contribution < -0.4 is 5.32 Å². The third-order valence-corrected chi connectivity index (χ3v) is 2.77. The highest BCUT2D eigenvalue weighted by Gasteiger charge is 2.23. The lowest BCUT2D eigenvalue weighted by atomic mass is 9.95. The van der Waals surface area contributed by atoms with Gasteiger partial charge in [0.1, 0.15) is 0 Å². The van der Waals surface area contributed by atoms with Gasteiger partial charge in [0.15, 0.2) is 0 Å². The molecule has 1 aromatic heterocycles. The monoisotopic (exact) mass is 179 g/mol. The van der Waals surface area contributed by atoms with Crippen molar-refractivity contribution in [2.75, 3.05) is 0 Å². The van der Waals surface area contributed by atoms with Crippen molar-refractivity contribution in [2.24, 2.45) is 0 Å². The third kappa shape index (κ3) is 1.91. The molecule has 2 atom stereocenters. The van der Waals surface area contributed by atoms with Crippen LogP contribution in [0.4, 0.5) is 0 Å². The average molecular weight is 179 g/mol. The highest BCUT2D eigenvalue weighted by Crippen LogP contribution is 2.24. The predicted molar refractivity (Wildman–Crippen MR) is 52.6 cm³/mol. The third-order valence-electron chi connectivity index (χ3n) is 2.77. The van der Waals surface area contributed by atoms with Crippen LogP contribution in [0.3, 0.4) is 0 Å². The Morgan fingerprint density at radius 3 is 2.54 bits per heavy atom. The van der Waals surface area contributed by atoms with Gasteiger partial charge in [0.2, 0.25) is 0 Å². The fraction of sp³-hybridized carbons (Fsp3) is 0.700. The Labute approximate surface area is 79.2 Å². The molecule has 0 aliphatic carbocycles. The molecular weight excluding hydrogens is 162 g/mol. The Morgan fingerprint density at radius 2 is 2.00 bits per heavy atom. The second-order valence-electron chi connectivity index (χ2n) is 4.10. The van der Waals surface area contributed by atoms with Crippen molar-refractivity contribution in [1.82, 2.24) is 14.9 Å². The van der Waals surface area contributed by atoms with Crippen LogP contribution in [0.1, 0.15) is 32.7 Å². The van der Waals surface area contributed by atoms with Crippen LogP contribution in [-0.4, -0.2) is 21.6 Å². The summed E-state index contributed by atoms with van der Waals surface area (Å²) in [4.78, 5) is 4.09. The Hall–Kier alpha value is -0.830. The standard InChI is InChI=1S/C10H17N3/c1-8-5-10(6-9(2)12-8)13-4-3-11-7-13/h3-4,7-10,12H,5-6H2,1-2H3. The van der Waals surface area contributed by atoms with E-state index in [9.17, 15) is 0 Å². The largest absolute Gasteiger partial charge is 0.334 e. The number of hydrogen-bond donors (Lipinski definition) is 1. The zero-order valence-corrected chi connectivity index (χ0v) is 8.27. The van der Waals surface area contributed by atoms with Crippen LogP contribution in [0.15, 0.2) is 18.7 Å². The van der Waals surface area contributed by atoms with Crippen LogP contribution in [0.5, 0.6) is 0 Å². The van der Waals surface area contributed by atoms with Gasteiger partial charge in [-0.25, -0.2) is 4.98 Å². The molecule has 2 heterocycles. The Balaban J connectivity index is 2.07. The van der Waals surface area contributed by atoms with E-state index in [-0.39, 0.29) is 0 Å². The van der Waals surface area contributed by atoms with Crippen molar-refractivity contribution in [3.05, 3.63) is 18.7 Å². The molecule has 13 heavy (non-hydrogen) atoms. The first-order chi connectivity index (χ1) is 6.25. The second-order valence-corrected chi connectivity index (χ2v) is 4.10. The molecule has 3 nitrogen and oxygen atoms in total. The van der Waals surface area contributed by atoms with Crippen LogP contribution in [0.2, 0.25) is 0 Å². The fourth-order valence-corrected chi connectivity index (χ4v) is 2.26. The van der Waals surface area contributed by atoms with Crippen LogP contribution in [-0.2, 0) is 0 Å². The van der Waals surface area contributed by atoms with Crippen molar-refractivity contribution in [1.29, 1.82) is 0 Å². The smallest absolute Gasteiger partial charge is 0.0948 e. The molecule has 0 saturated carbocycles. The summed E-state index contributed by atoms with van der Waals surface area (Å²) >= 11 is 0. The van der Waals surface area contributed by atoms with Crippen molar-refractivity contribution >= 4 is 0 Å². The van der Waals surface area contributed by atoms with Crippen LogP contribution >= 0.6 is 0 Å². The lowest BCUT2D eigenvalue weighted by Crippen LogP contribution is -2.42. The van der Waals surface area contributed by atoms with Gasteiger partial charge in [0.25, 0.3) is 0 Å². The summed E-state index contributed by atoms with van der Waals surface area (Å²) in [5.74, 6) is 0. The SMILES string of the molecule is CC1CC(n2ccnc2)CC(C)N1. The summed E-state index contributed by atoms with van der Waals surface area (Å²) in [6.45, 7) is 4.50. The lowest BCUT2D eigenvalue weighted by Gasteiger charge is -2.33. The molecule has 0 radical (unpaired) electrons. The van der Waals surface area contributed by atoms with E-state index in [0.29, 0.717) is 18.1 Å². The van der Waals surface area contributed by atoms with E-state index < -0.39 is 0 Å². The van der Waals surface area contributed by atoms with Gasteiger partial charge in [-0.15, -0.1) is 0 Å². The molecule has 1 N–H and O–H groups in total.